The highest BCUT2D eigenvalue weighted by atomic mass is 14.4. The molecule has 0 radical (unpaired) electrons. The third-order valence-corrected chi connectivity index (χ3v) is 11.9. The second-order valence-electron chi connectivity index (χ2n) is 17.1. The molecule has 0 bridgehead atoms. The molecule has 0 aliphatic heterocycles. The van der Waals surface area contributed by atoms with Gasteiger partial charge in [0.25, 0.3) is 0 Å². The van der Waals surface area contributed by atoms with E-state index in [0.29, 0.717) is 0 Å². The number of hydrogen-bond donors (Lipinski definition) is 0. The van der Waals surface area contributed by atoms with E-state index in [2.05, 4.69) is 252 Å². The highest BCUT2D eigenvalue weighted by Gasteiger charge is 2.35. The molecule has 0 aromatic heterocycles. The van der Waals surface area contributed by atoms with Crippen molar-refractivity contribution in [2.75, 3.05) is 0 Å². The van der Waals surface area contributed by atoms with Crippen molar-refractivity contribution in [1.82, 2.24) is 0 Å². The second-order valence-corrected chi connectivity index (χ2v) is 17.1. The highest BCUT2D eigenvalue weighted by molar-refractivity contribution is 5.86. The van der Waals surface area contributed by atoms with Crippen molar-refractivity contribution in [2.45, 2.75) is 81.6 Å². The van der Waals surface area contributed by atoms with Crippen LogP contribution in [-0.4, -0.2) is 0 Å². The van der Waals surface area contributed by atoms with Crippen LogP contribution in [0.5, 0.6) is 0 Å². The first-order valence-electron chi connectivity index (χ1n) is 21.4. The normalized spacial score (nSPS) is 11.7. The van der Waals surface area contributed by atoms with Gasteiger partial charge in [-0.25, -0.2) is 0 Å². The van der Waals surface area contributed by atoms with Crippen molar-refractivity contribution in [3.63, 3.8) is 0 Å². The van der Waals surface area contributed by atoms with E-state index in [4.69, 9.17) is 0 Å². The van der Waals surface area contributed by atoms with Crippen LogP contribution >= 0.6 is 0 Å². The Kier molecular flexibility index (Phi) is 13.9. The number of benzene rings is 8. The Morgan fingerprint density at radius 3 is 0.850 bits per heavy atom. The number of rotatable bonds is 3. The van der Waals surface area contributed by atoms with Gasteiger partial charge in [-0.1, -0.05) is 200 Å². The summed E-state index contributed by atoms with van der Waals surface area (Å²) >= 11 is 0. The third-order valence-electron chi connectivity index (χ3n) is 11.9. The maximum absolute atomic E-state index is 2.40. The van der Waals surface area contributed by atoms with E-state index in [1.807, 2.05) is 0 Å². The maximum Gasteiger partial charge on any atom is 0.0158 e. The smallest absolute Gasteiger partial charge is 0.0158 e. The zero-order chi connectivity index (χ0) is 43.0. The molecule has 8 aromatic carbocycles. The summed E-state index contributed by atoms with van der Waals surface area (Å²) in [5.41, 5.74) is 25.9. The topological polar surface area (TPSA) is 0 Å². The van der Waals surface area contributed by atoms with Crippen molar-refractivity contribution in [2.24, 2.45) is 0 Å². The van der Waals surface area contributed by atoms with Crippen LogP contribution in [0.1, 0.15) is 75.0 Å². The maximum atomic E-state index is 2.40. The highest BCUT2D eigenvalue weighted by Crippen LogP contribution is 2.50. The van der Waals surface area contributed by atoms with Crippen LogP contribution in [0.25, 0.3) is 44.5 Å². The van der Waals surface area contributed by atoms with Gasteiger partial charge in [-0.3, -0.25) is 0 Å². The molecule has 8 aromatic rings. The number of aryl methyl sites for hydroxylation is 9. The van der Waals surface area contributed by atoms with Crippen LogP contribution in [0.2, 0.25) is 0 Å². The molecule has 9 rings (SSSR count). The molecule has 0 saturated heterocycles. The fourth-order valence-electron chi connectivity index (χ4n) is 8.72. The molecular weight excluding hydrogens is 721 g/mol. The number of hydrogen-bond acceptors (Lipinski definition) is 0. The zero-order valence-electron chi connectivity index (χ0n) is 37.7. The molecule has 0 heteroatoms. The molecular formula is C60H62. The molecule has 60 heavy (non-hydrogen) atoms. The minimum Gasteiger partial charge on any atom is -0.0620 e. The molecule has 0 N–H and O–H groups in total. The average Bonchev–Trinajstić information content (AvgIpc) is 3.44. The molecule has 0 saturated carbocycles. The van der Waals surface area contributed by atoms with Crippen LogP contribution in [0, 0.1) is 62.3 Å². The summed E-state index contributed by atoms with van der Waals surface area (Å²) in [5.74, 6) is 0. The van der Waals surface area contributed by atoms with Gasteiger partial charge in [0, 0.05) is 5.41 Å². The van der Waals surface area contributed by atoms with Crippen molar-refractivity contribution >= 4 is 0 Å². The predicted molar refractivity (Wildman–Crippen MR) is 262 cm³/mol. The second kappa shape index (κ2) is 19.2. The molecule has 1 aliphatic rings. The summed E-state index contributed by atoms with van der Waals surface area (Å²) in [4.78, 5) is 0. The van der Waals surface area contributed by atoms with Gasteiger partial charge in [0.15, 0.2) is 0 Å². The third kappa shape index (κ3) is 9.95. The van der Waals surface area contributed by atoms with E-state index in [-0.39, 0.29) is 5.41 Å². The van der Waals surface area contributed by atoms with E-state index in [1.165, 1.54) is 106 Å². The summed E-state index contributed by atoms with van der Waals surface area (Å²) in [6.45, 7) is 24.1. The summed E-state index contributed by atoms with van der Waals surface area (Å²) < 4.78 is 0. The molecule has 0 spiro atoms. The first kappa shape index (κ1) is 43.3. The van der Waals surface area contributed by atoms with Crippen molar-refractivity contribution in [1.29, 1.82) is 0 Å². The first-order valence-corrected chi connectivity index (χ1v) is 21.4. The van der Waals surface area contributed by atoms with Gasteiger partial charge in [0.2, 0.25) is 0 Å². The van der Waals surface area contributed by atoms with Crippen LogP contribution in [0.3, 0.4) is 0 Å². The van der Waals surface area contributed by atoms with Crippen LogP contribution in [-0.2, 0) is 5.41 Å². The quantitative estimate of drug-likeness (QED) is 0.167. The Balaban J connectivity index is 0.000000142. The van der Waals surface area contributed by atoms with E-state index >= 15 is 0 Å². The average molecular weight is 783 g/mol. The molecule has 1 aliphatic carbocycles. The first-order chi connectivity index (χ1) is 28.8. The molecule has 0 nitrogen and oxygen atoms in total. The summed E-state index contributed by atoms with van der Waals surface area (Å²) in [7, 11) is 0. The molecule has 0 unspecified atom stereocenters. The SMILES string of the molecule is Cc1cc(C)cc(C)c1.Cc1ccccc1-c1cc2c(cc1C)C(C)(C)c1ccccc1-2.Cc1ccccc1-c1ccccc1C.Cc1ccccc1-c1ccccc1C. The lowest BCUT2D eigenvalue weighted by Gasteiger charge is -2.22. The fourth-order valence-corrected chi connectivity index (χ4v) is 8.72. The van der Waals surface area contributed by atoms with Gasteiger partial charge < -0.3 is 0 Å². The fraction of sp³-hybridized carbons (Fsp3) is 0.200. The van der Waals surface area contributed by atoms with Crippen molar-refractivity contribution in [3.8, 4) is 44.5 Å². The molecule has 0 heterocycles. The molecule has 0 atom stereocenters. The van der Waals surface area contributed by atoms with Gasteiger partial charge in [-0.2, -0.15) is 0 Å². The minimum atomic E-state index is 0.0843. The Hall–Kier alpha value is -6.24. The van der Waals surface area contributed by atoms with Crippen LogP contribution < -0.4 is 0 Å². The van der Waals surface area contributed by atoms with Crippen molar-refractivity contribution < 1.29 is 0 Å². The lowest BCUT2D eigenvalue weighted by Crippen LogP contribution is -2.15. The monoisotopic (exact) mass is 782 g/mol. The Labute approximate surface area is 361 Å². The summed E-state index contributed by atoms with van der Waals surface area (Å²) in [6, 6.07) is 62.9. The van der Waals surface area contributed by atoms with E-state index < -0.39 is 0 Å². The summed E-state index contributed by atoms with van der Waals surface area (Å²) in [5, 5.41) is 0. The zero-order valence-corrected chi connectivity index (χ0v) is 37.7. The standard InChI is InChI=1S/C23H22.2C14H14.C9H12/c1-15-9-5-6-10-17(15)19-14-20-18-11-7-8-12-21(18)23(3,4)22(20)13-16(19)2;2*1-11-7-3-5-9-13(11)14-10-6-4-8-12(14)2;1-7-4-8(2)6-9(3)5-7/h5-14H,1-4H3;2*3-10H,1-2H3;4-6H,1-3H3. The van der Waals surface area contributed by atoms with E-state index in [9.17, 15) is 0 Å². The van der Waals surface area contributed by atoms with Gasteiger partial charge in [0.1, 0.15) is 0 Å². The Bertz CT molecular complexity index is 2500. The molecule has 302 valence electrons. The van der Waals surface area contributed by atoms with Gasteiger partial charge in [-0.15, -0.1) is 0 Å². The van der Waals surface area contributed by atoms with E-state index in [1.54, 1.807) is 0 Å². The van der Waals surface area contributed by atoms with Crippen molar-refractivity contribution in [3.05, 3.63) is 237 Å². The van der Waals surface area contributed by atoms with Gasteiger partial charge in [0.05, 0.1) is 0 Å². The van der Waals surface area contributed by atoms with Crippen LogP contribution in [0.4, 0.5) is 0 Å². The lowest BCUT2D eigenvalue weighted by atomic mass is 9.81. The van der Waals surface area contributed by atoms with Crippen LogP contribution in [0.15, 0.2) is 176 Å². The lowest BCUT2D eigenvalue weighted by molar-refractivity contribution is 0.660. The predicted octanol–water partition coefficient (Wildman–Crippen LogP) is 16.8. The Morgan fingerprint density at radius 2 is 0.517 bits per heavy atom. The minimum absolute atomic E-state index is 0.0843. The van der Waals surface area contributed by atoms with Gasteiger partial charge in [-0.05, 0) is 157 Å². The molecule has 0 amide bonds. The van der Waals surface area contributed by atoms with E-state index in [0.717, 1.165) is 0 Å². The summed E-state index contributed by atoms with van der Waals surface area (Å²) in [6.07, 6.45) is 0. The Morgan fingerprint density at radius 1 is 0.233 bits per heavy atom. The molecule has 0 fully saturated rings. The van der Waals surface area contributed by atoms with Gasteiger partial charge >= 0.3 is 0 Å². The number of fused-ring (bicyclic) bond motifs is 3. The largest absolute Gasteiger partial charge is 0.0620 e.